The second-order valence-corrected chi connectivity index (χ2v) is 7.94. The van der Waals surface area contributed by atoms with Crippen molar-refractivity contribution in [3.8, 4) is 0 Å². The molecule has 0 saturated carbocycles. The van der Waals surface area contributed by atoms with Crippen LogP contribution < -0.4 is 4.90 Å². The van der Waals surface area contributed by atoms with Gasteiger partial charge in [-0.15, -0.1) is 0 Å². The SMILES string of the molecule is CN1CC(=O)N(c2ccccc2)CC12CCN(CC1CCOCC1)C2. The van der Waals surface area contributed by atoms with Gasteiger partial charge in [0.25, 0.3) is 0 Å². The molecule has 1 aromatic rings. The smallest absolute Gasteiger partial charge is 0.241 e. The quantitative estimate of drug-likeness (QED) is 0.839. The molecular formula is C20H29N3O2. The highest BCUT2D eigenvalue weighted by Crippen LogP contribution is 2.34. The lowest BCUT2D eigenvalue weighted by atomic mass is 9.92. The first-order valence-electron chi connectivity index (χ1n) is 9.53. The molecule has 1 amide bonds. The van der Waals surface area contributed by atoms with Crippen LogP contribution >= 0.6 is 0 Å². The number of likely N-dealkylation sites (N-methyl/N-ethyl adjacent to an activating group) is 1. The molecule has 3 saturated heterocycles. The Hall–Kier alpha value is -1.43. The zero-order chi connectivity index (χ0) is 17.3. The molecule has 0 N–H and O–H groups in total. The van der Waals surface area contributed by atoms with Gasteiger partial charge in [0.15, 0.2) is 0 Å². The van der Waals surface area contributed by atoms with Gasteiger partial charge in [0.1, 0.15) is 0 Å². The van der Waals surface area contributed by atoms with Gasteiger partial charge in [-0.2, -0.15) is 0 Å². The molecule has 1 aromatic carbocycles. The Balaban J connectivity index is 1.46. The van der Waals surface area contributed by atoms with Crippen molar-refractivity contribution >= 4 is 11.6 Å². The van der Waals surface area contributed by atoms with Crippen LogP contribution in [0, 0.1) is 5.92 Å². The Morgan fingerprint density at radius 2 is 1.92 bits per heavy atom. The van der Waals surface area contributed by atoms with E-state index >= 15 is 0 Å². The molecule has 25 heavy (non-hydrogen) atoms. The van der Waals surface area contributed by atoms with E-state index in [1.807, 2.05) is 35.2 Å². The van der Waals surface area contributed by atoms with Gasteiger partial charge < -0.3 is 14.5 Å². The third-order valence-electron chi connectivity index (χ3n) is 6.27. The van der Waals surface area contributed by atoms with Crippen molar-refractivity contribution < 1.29 is 9.53 Å². The molecule has 3 aliphatic rings. The molecule has 0 aliphatic carbocycles. The molecule has 0 bridgehead atoms. The van der Waals surface area contributed by atoms with E-state index in [0.29, 0.717) is 6.54 Å². The number of carbonyl (C=O) groups excluding carboxylic acids is 1. The highest BCUT2D eigenvalue weighted by Gasteiger charge is 2.47. The van der Waals surface area contributed by atoms with Crippen molar-refractivity contribution in [2.45, 2.75) is 24.8 Å². The maximum atomic E-state index is 12.6. The summed E-state index contributed by atoms with van der Waals surface area (Å²) in [6.45, 7) is 6.53. The molecule has 0 radical (unpaired) electrons. The average Bonchev–Trinajstić information content (AvgIpc) is 3.04. The van der Waals surface area contributed by atoms with Crippen LogP contribution in [0.4, 0.5) is 5.69 Å². The van der Waals surface area contributed by atoms with E-state index in [1.165, 1.54) is 19.4 Å². The van der Waals surface area contributed by atoms with Crippen molar-refractivity contribution in [2.75, 3.05) is 57.9 Å². The lowest BCUT2D eigenvalue weighted by Gasteiger charge is -2.47. The first kappa shape index (κ1) is 17.0. The third-order valence-corrected chi connectivity index (χ3v) is 6.27. The minimum absolute atomic E-state index is 0.0922. The van der Waals surface area contributed by atoms with Crippen molar-refractivity contribution in [3.05, 3.63) is 30.3 Å². The molecule has 1 spiro atoms. The van der Waals surface area contributed by atoms with Crippen LogP contribution in [-0.2, 0) is 9.53 Å². The lowest BCUT2D eigenvalue weighted by molar-refractivity contribution is -0.123. The topological polar surface area (TPSA) is 36.0 Å². The summed E-state index contributed by atoms with van der Waals surface area (Å²) in [6, 6.07) is 10.1. The van der Waals surface area contributed by atoms with Crippen molar-refractivity contribution in [2.24, 2.45) is 5.92 Å². The fourth-order valence-corrected chi connectivity index (χ4v) is 4.63. The van der Waals surface area contributed by atoms with Gasteiger partial charge in [0.2, 0.25) is 5.91 Å². The predicted octanol–water partition coefficient (Wildman–Crippen LogP) is 1.84. The van der Waals surface area contributed by atoms with E-state index in [4.69, 9.17) is 4.74 Å². The fraction of sp³-hybridized carbons (Fsp3) is 0.650. The van der Waals surface area contributed by atoms with E-state index in [1.54, 1.807) is 0 Å². The van der Waals surface area contributed by atoms with Crippen molar-refractivity contribution in [1.29, 1.82) is 0 Å². The van der Waals surface area contributed by atoms with Gasteiger partial charge in [-0.1, -0.05) is 18.2 Å². The minimum atomic E-state index is 0.0922. The second-order valence-electron chi connectivity index (χ2n) is 7.94. The second kappa shape index (κ2) is 7.06. The van der Waals surface area contributed by atoms with Crippen LogP contribution in [0.2, 0.25) is 0 Å². The number of hydrogen-bond acceptors (Lipinski definition) is 4. The predicted molar refractivity (Wildman–Crippen MR) is 98.8 cm³/mol. The van der Waals surface area contributed by atoms with Gasteiger partial charge in [-0.25, -0.2) is 0 Å². The van der Waals surface area contributed by atoms with Crippen molar-refractivity contribution in [1.82, 2.24) is 9.80 Å². The number of rotatable bonds is 3. The minimum Gasteiger partial charge on any atom is -0.381 e. The highest BCUT2D eigenvalue weighted by atomic mass is 16.5. The summed E-state index contributed by atoms with van der Waals surface area (Å²) in [4.78, 5) is 19.5. The summed E-state index contributed by atoms with van der Waals surface area (Å²) in [5, 5.41) is 0. The lowest BCUT2D eigenvalue weighted by Crippen LogP contribution is -2.64. The van der Waals surface area contributed by atoms with E-state index in [-0.39, 0.29) is 11.4 Å². The van der Waals surface area contributed by atoms with Crippen LogP contribution in [0.25, 0.3) is 0 Å². The molecule has 136 valence electrons. The number of ether oxygens (including phenoxy) is 1. The number of likely N-dealkylation sites (tertiary alicyclic amines) is 1. The summed E-state index contributed by atoms with van der Waals surface area (Å²) in [7, 11) is 2.12. The normalized spacial score (nSPS) is 29.6. The number of anilines is 1. The number of nitrogens with zero attached hydrogens (tertiary/aromatic N) is 3. The Morgan fingerprint density at radius 3 is 2.68 bits per heavy atom. The van der Waals surface area contributed by atoms with Gasteiger partial charge in [-0.05, 0) is 44.4 Å². The maximum absolute atomic E-state index is 12.6. The highest BCUT2D eigenvalue weighted by molar-refractivity contribution is 5.96. The molecule has 1 atom stereocenters. The Bertz CT molecular complexity index is 602. The zero-order valence-electron chi connectivity index (χ0n) is 15.2. The molecule has 1 unspecified atom stereocenters. The van der Waals surface area contributed by atoms with Crippen LogP contribution in [-0.4, -0.2) is 74.2 Å². The average molecular weight is 343 g/mol. The number of piperazine rings is 1. The van der Waals surface area contributed by atoms with Crippen LogP contribution in [0.15, 0.2) is 30.3 Å². The maximum Gasteiger partial charge on any atom is 0.241 e. The molecule has 0 aromatic heterocycles. The Labute approximate surface area is 150 Å². The number of hydrogen-bond donors (Lipinski definition) is 0. The summed E-state index contributed by atoms with van der Waals surface area (Å²) < 4.78 is 5.50. The molecule has 3 heterocycles. The molecule has 4 rings (SSSR count). The zero-order valence-corrected chi connectivity index (χ0v) is 15.2. The largest absolute Gasteiger partial charge is 0.381 e. The molecule has 5 nitrogen and oxygen atoms in total. The fourth-order valence-electron chi connectivity index (χ4n) is 4.63. The first-order valence-corrected chi connectivity index (χ1v) is 9.53. The number of para-hydroxylation sites is 1. The Kier molecular flexibility index (Phi) is 4.80. The van der Waals surface area contributed by atoms with E-state index < -0.39 is 0 Å². The standard InChI is InChI=1S/C20H29N3O2/c1-21-14-19(24)23(18-5-3-2-4-6-18)16-20(21)9-10-22(15-20)13-17-7-11-25-12-8-17/h2-6,17H,7-16H2,1H3. The van der Waals surface area contributed by atoms with Crippen LogP contribution in [0.3, 0.4) is 0 Å². The van der Waals surface area contributed by atoms with Crippen molar-refractivity contribution in [3.63, 3.8) is 0 Å². The summed E-state index contributed by atoms with van der Waals surface area (Å²) in [6.07, 6.45) is 3.52. The van der Waals surface area contributed by atoms with E-state index in [2.05, 4.69) is 16.8 Å². The number of amides is 1. The van der Waals surface area contributed by atoms with Crippen LogP contribution in [0.5, 0.6) is 0 Å². The summed E-state index contributed by atoms with van der Waals surface area (Å²) >= 11 is 0. The van der Waals surface area contributed by atoms with Gasteiger partial charge in [0, 0.05) is 45.1 Å². The number of benzene rings is 1. The number of carbonyl (C=O) groups is 1. The van der Waals surface area contributed by atoms with Gasteiger partial charge >= 0.3 is 0 Å². The summed E-state index contributed by atoms with van der Waals surface area (Å²) in [5.41, 5.74) is 1.12. The summed E-state index contributed by atoms with van der Waals surface area (Å²) in [5.74, 6) is 0.979. The third kappa shape index (κ3) is 3.46. The van der Waals surface area contributed by atoms with E-state index in [9.17, 15) is 4.79 Å². The molecule has 5 heteroatoms. The Morgan fingerprint density at radius 1 is 1.16 bits per heavy atom. The van der Waals surface area contributed by atoms with Gasteiger partial charge in [0.05, 0.1) is 12.1 Å². The van der Waals surface area contributed by atoms with Gasteiger partial charge in [-0.3, -0.25) is 9.69 Å². The van der Waals surface area contributed by atoms with E-state index in [0.717, 1.165) is 50.9 Å². The monoisotopic (exact) mass is 343 g/mol. The molecule has 3 fully saturated rings. The molecule has 3 aliphatic heterocycles. The first-order chi connectivity index (χ1) is 12.2. The van der Waals surface area contributed by atoms with Crippen LogP contribution in [0.1, 0.15) is 19.3 Å². The molecular weight excluding hydrogens is 314 g/mol.